The van der Waals surface area contributed by atoms with Crippen LogP contribution in [0.3, 0.4) is 0 Å². The van der Waals surface area contributed by atoms with Gasteiger partial charge in [-0.3, -0.25) is 4.79 Å². The standard InChI is InChI=1S/C64H70O8Si/c1-64(2,3)73(59-35-21-9-22-36-59,60-37-23-10-24-38-60)72-44-42-58(70-49-53-29-15-6-16-30-53)46-62(71-50-54-31-17-7-18-32-54)61(65)40-39-56(68-47-51-25-11-4-12-26-51)45-57(69-48-52-27-13-5-14-28-52)41-43-67-63(66)55-33-19-8-20-34-55/h4-40,56-58,62H,41-50H2,1-3H3/b40-39+/t56-,57+,58-,62-/m1/s1. The molecule has 378 valence electrons. The number of rotatable bonds is 29. The highest BCUT2D eigenvalue weighted by atomic mass is 28.4. The van der Waals surface area contributed by atoms with Gasteiger partial charge in [0.25, 0.3) is 8.32 Å². The minimum atomic E-state index is -2.86. The highest BCUT2D eigenvalue weighted by molar-refractivity contribution is 6.99. The molecule has 0 bridgehead atoms. The van der Waals surface area contributed by atoms with Crippen molar-refractivity contribution in [2.45, 2.75) is 102 Å². The van der Waals surface area contributed by atoms with E-state index in [1.54, 1.807) is 18.2 Å². The zero-order valence-corrected chi connectivity index (χ0v) is 43.5. The Morgan fingerprint density at radius 3 is 1.30 bits per heavy atom. The predicted octanol–water partition coefficient (Wildman–Crippen LogP) is 12.4. The molecule has 0 aromatic heterocycles. The zero-order valence-electron chi connectivity index (χ0n) is 42.5. The van der Waals surface area contributed by atoms with Crippen LogP contribution >= 0.6 is 0 Å². The van der Waals surface area contributed by atoms with Crippen LogP contribution in [0, 0.1) is 0 Å². The van der Waals surface area contributed by atoms with Crippen molar-refractivity contribution >= 4 is 30.4 Å². The van der Waals surface area contributed by atoms with E-state index in [4.69, 9.17) is 28.1 Å². The molecule has 0 heterocycles. The maximum Gasteiger partial charge on any atom is 0.338 e. The van der Waals surface area contributed by atoms with Crippen molar-refractivity contribution in [2.75, 3.05) is 13.2 Å². The number of carbonyl (C=O) groups is 2. The van der Waals surface area contributed by atoms with Gasteiger partial charge in [-0.05, 0) is 62.3 Å². The molecule has 0 fully saturated rings. The number of esters is 1. The van der Waals surface area contributed by atoms with Crippen molar-refractivity contribution in [1.29, 1.82) is 0 Å². The highest BCUT2D eigenvalue weighted by Crippen LogP contribution is 2.37. The minimum Gasteiger partial charge on any atom is -0.462 e. The Bertz CT molecular complexity index is 2630. The second-order valence-electron chi connectivity index (χ2n) is 19.3. The first kappa shape index (κ1) is 54.2. The molecular formula is C64H70O8Si. The number of ether oxygens (including phenoxy) is 5. The Labute approximate surface area is 434 Å². The molecule has 4 atom stereocenters. The zero-order chi connectivity index (χ0) is 51.0. The third-order valence-corrected chi connectivity index (χ3v) is 17.9. The number of hydrogen-bond acceptors (Lipinski definition) is 8. The fourth-order valence-corrected chi connectivity index (χ4v) is 13.6. The van der Waals surface area contributed by atoms with Crippen molar-refractivity contribution in [2.24, 2.45) is 0 Å². The molecule has 7 rings (SSSR count). The van der Waals surface area contributed by atoms with Crippen LogP contribution in [0.4, 0.5) is 0 Å². The van der Waals surface area contributed by atoms with Gasteiger partial charge in [0.15, 0.2) is 5.78 Å². The predicted molar refractivity (Wildman–Crippen MR) is 293 cm³/mol. The van der Waals surface area contributed by atoms with Crippen LogP contribution < -0.4 is 10.4 Å². The van der Waals surface area contributed by atoms with Gasteiger partial charge >= 0.3 is 5.97 Å². The maximum atomic E-state index is 14.8. The van der Waals surface area contributed by atoms with E-state index in [9.17, 15) is 9.59 Å². The average molecular weight is 995 g/mol. The van der Waals surface area contributed by atoms with Crippen LogP contribution in [-0.4, -0.2) is 57.7 Å². The van der Waals surface area contributed by atoms with Gasteiger partial charge in [-0.15, -0.1) is 0 Å². The number of carbonyl (C=O) groups excluding carboxylic acids is 2. The summed E-state index contributed by atoms with van der Waals surface area (Å²) in [5.41, 5.74) is 4.48. The average Bonchev–Trinajstić information content (AvgIpc) is 3.43. The third kappa shape index (κ3) is 17.0. The Morgan fingerprint density at radius 2 is 0.849 bits per heavy atom. The van der Waals surface area contributed by atoms with Gasteiger partial charge in [-0.1, -0.05) is 227 Å². The Hall–Kier alpha value is -6.56. The molecule has 0 spiro atoms. The molecule has 0 N–H and O–H groups in total. The van der Waals surface area contributed by atoms with E-state index >= 15 is 0 Å². The van der Waals surface area contributed by atoms with Crippen LogP contribution in [0.2, 0.25) is 5.04 Å². The summed E-state index contributed by atoms with van der Waals surface area (Å²) in [6.45, 7) is 8.63. The molecule has 73 heavy (non-hydrogen) atoms. The van der Waals surface area contributed by atoms with Crippen LogP contribution in [-0.2, 0) is 59.3 Å². The van der Waals surface area contributed by atoms with Gasteiger partial charge in [0, 0.05) is 25.9 Å². The second-order valence-corrected chi connectivity index (χ2v) is 23.6. The maximum absolute atomic E-state index is 14.8. The molecule has 9 heteroatoms. The molecule has 0 aliphatic carbocycles. The minimum absolute atomic E-state index is 0.140. The quantitative estimate of drug-likeness (QED) is 0.0260. The summed E-state index contributed by atoms with van der Waals surface area (Å²) >= 11 is 0. The first-order chi connectivity index (χ1) is 35.7. The smallest absolute Gasteiger partial charge is 0.338 e. The molecule has 0 amide bonds. The summed E-state index contributed by atoms with van der Waals surface area (Å²) in [4.78, 5) is 27.8. The van der Waals surface area contributed by atoms with Gasteiger partial charge < -0.3 is 28.1 Å². The molecule has 7 aromatic rings. The molecule has 8 nitrogen and oxygen atoms in total. The number of hydrogen-bond donors (Lipinski definition) is 0. The Balaban J connectivity index is 1.14. The lowest BCUT2D eigenvalue weighted by Gasteiger charge is -2.43. The molecule has 0 saturated heterocycles. The largest absolute Gasteiger partial charge is 0.462 e. The van der Waals surface area contributed by atoms with Gasteiger partial charge in [-0.25, -0.2) is 4.79 Å². The van der Waals surface area contributed by atoms with Crippen LogP contribution in [0.15, 0.2) is 224 Å². The Morgan fingerprint density at radius 1 is 0.466 bits per heavy atom. The highest BCUT2D eigenvalue weighted by Gasteiger charge is 2.50. The fraction of sp³-hybridized carbons (Fsp3) is 0.281. The summed E-state index contributed by atoms with van der Waals surface area (Å²) in [6, 6.07) is 70.1. The fourth-order valence-electron chi connectivity index (χ4n) is 8.99. The summed E-state index contributed by atoms with van der Waals surface area (Å²) < 4.78 is 39.7. The van der Waals surface area contributed by atoms with Crippen molar-refractivity contribution in [3.8, 4) is 0 Å². The Kier molecular flexibility index (Phi) is 21.3. The van der Waals surface area contributed by atoms with Crippen molar-refractivity contribution in [3.63, 3.8) is 0 Å². The van der Waals surface area contributed by atoms with Gasteiger partial charge in [0.1, 0.15) is 6.10 Å². The SMILES string of the molecule is CC(C)(C)[Si](OCC[C@H](C[C@@H](OCc1ccccc1)C(=O)/C=C/[C@H](C[C@H](CCOC(=O)c1ccccc1)OCc1ccccc1)OCc1ccccc1)OCc1ccccc1)(c1ccccc1)c1ccccc1. The van der Waals surface area contributed by atoms with E-state index in [1.165, 1.54) is 10.4 Å². The van der Waals surface area contributed by atoms with Crippen LogP contribution in [0.1, 0.15) is 79.1 Å². The molecule has 0 aliphatic rings. The third-order valence-electron chi connectivity index (χ3n) is 12.9. The van der Waals surface area contributed by atoms with E-state index in [-0.39, 0.29) is 36.6 Å². The first-order valence-corrected chi connectivity index (χ1v) is 27.4. The molecule has 7 aromatic carbocycles. The lowest BCUT2D eigenvalue weighted by Crippen LogP contribution is -2.66. The molecular weight excluding hydrogens is 925 g/mol. The molecule has 0 unspecified atom stereocenters. The second kappa shape index (κ2) is 28.6. The topological polar surface area (TPSA) is 89.5 Å². The van der Waals surface area contributed by atoms with Gasteiger partial charge in [0.2, 0.25) is 0 Å². The van der Waals surface area contributed by atoms with E-state index in [2.05, 4.69) is 69.3 Å². The van der Waals surface area contributed by atoms with Crippen molar-refractivity contribution in [3.05, 3.63) is 252 Å². The number of ketones is 1. The van der Waals surface area contributed by atoms with Crippen molar-refractivity contribution < 1.29 is 37.7 Å². The normalized spacial score (nSPS) is 13.5. The van der Waals surface area contributed by atoms with Crippen LogP contribution in [0.25, 0.3) is 0 Å². The summed E-state index contributed by atoms with van der Waals surface area (Å²) in [6.07, 6.45) is 2.85. The van der Waals surface area contributed by atoms with Gasteiger partial charge in [0.05, 0.1) is 56.9 Å². The van der Waals surface area contributed by atoms with Crippen molar-refractivity contribution in [1.82, 2.24) is 0 Å². The summed E-state index contributed by atoms with van der Waals surface area (Å²) in [5, 5.41) is 2.18. The van der Waals surface area contributed by atoms with E-state index in [1.807, 2.05) is 158 Å². The summed E-state index contributed by atoms with van der Waals surface area (Å²) in [5.74, 6) is -0.601. The summed E-state index contributed by atoms with van der Waals surface area (Å²) in [7, 11) is -2.86. The lowest BCUT2D eigenvalue weighted by molar-refractivity contribution is -0.130. The molecule has 0 aliphatic heterocycles. The van der Waals surface area contributed by atoms with E-state index in [0.29, 0.717) is 51.3 Å². The van der Waals surface area contributed by atoms with E-state index < -0.39 is 32.6 Å². The molecule has 0 saturated carbocycles. The lowest BCUT2D eigenvalue weighted by atomic mass is 10.0. The van der Waals surface area contributed by atoms with E-state index in [0.717, 1.165) is 22.3 Å². The first-order valence-electron chi connectivity index (χ1n) is 25.5. The number of benzene rings is 7. The van der Waals surface area contributed by atoms with Gasteiger partial charge in [-0.2, -0.15) is 0 Å². The molecule has 0 radical (unpaired) electrons. The van der Waals surface area contributed by atoms with Crippen LogP contribution in [0.5, 0.6) is 0 Å². The monoisotopic (exact) mass is 994 g/mol.